The van der Waals surface area contributed by atoms with Gasteiger partial charge in [0, 0.05) is 12.6 Å². The molecule has 3 aliphatic rings. The molecule has 20 heavy (non-hydrogen) atoms. The van der Waals surface area contributed by atoms with Crippen molar-refractivity contribution in [1.82, 2.24) is 10.2 Å². The number of hydrogen-bond donors (Lipinski definition) is 2. The number of carboxylic acids is 1. The van der Waals surface area contributed by atoms with Crippen molar-refractivity contribution in [3.05, 3.63) is 0 Å². The highest BCUT2D eigenvalue weighted by Gasteiger charge is 2.52. The Hall–Kier alpha value is -0.610. The van der Waals surface area contributed by atoms with E-state index >= 15 is 0 Å². The molecule has 1 aliphatic heterocycles. The van der Waals surface area contributed by atoms with Crippen LogP contribution in [0.1, 0.15) is 51.4 Å². The maximum absolute atomic E-state index is 11.9. The zero-order chi connectivity index (χ0) is 14.2. The molecule has 114 valence electrons. The lowest BCUT2D eigenvalue weighted by Crippen LogP contribution is -2.62. The third kappa shape index (κ3) is 2.48. The second-order valence-corrected chi connectivity index (χ2v) is 7.03. The van der Waals surface area contributed by atoms with E-state index in [-0.39, 0.29) is 0 Å². The molecule has 2 N–H and O–H groups in total. The molecule has 1 unspecified atom stereocenters. The van der Waals surface area contributed by atoms with E-state index in [0.717, 1.165) is 25.3 Å². The van der Waals surface area contributed by atoms with Crippen molar-refractivity contribution in [3.8, 4) is 0 Å². The van der Waals surface area contributed by atoms with E-state index in [1.807, 2.05) is 7.05 Å². The molecule has 0 aromatic heterocycles. The van der Waals surface area contributed by atoms with Crippen molar-refractivity contribution in [3.63, 3.8) is 0 Å². The first-order valence-corrected chi connectivity index (χ1v) is 8.34. The Morgan fingerprint density at radius 1 is 1.20 bits per heavy atom. The van der Waals surface area contributed by atoms with Crippen LogP contribution in [-0.2, 0) is 4.79 Å². The van der Waals surface area contributed by atoms with Crippen molar-refractivity contribution in [2.45, 2.75) is 62.9 Å². The predicted octanol–water partition coefficient (Wildman–Crippen LogP) is 2.09. The molecule has 4 nitrogen and oxygen atoms in total. The van der Waals surface area contributed by atoms with E-state index in [4.69, 9.17) is 0 Å². The average molecular weight is 280 g/mol. The summed E-state index contributed by atoms with van der Waals surface area (Å²) in [6.07, 6.45) is 10.0. The summed E-state index contributed by atoms with van der Waals surface area (Å²) < 4.78 is 0. The number of piperidine rings is 1. The summed E-state index contributed by atoms with van der Waals surface area (Å²) in [6, 6.07) is 0.642. The number of carboxylic acid groups (broad SMARTS) is 1. The van der Waals surface area contributed by atoms with E-state index in [1.165, 1.54) is 38.5 Å². The van der Waals surface area contributed by atoms with Crippen LogP contribution in [0.5, 0.6) is 0 Å². The van der Waals surface area contributed by atoms with Crippen LogP contribution in [-0.4, -0.2) is 47.7 Å². The molecule has 1 saturated heterocycles. The van der Waals surface area contributed by atoms with Crippen LogP contribution in [0.25, 0.3) is 0 Å². The van der Waals surface area contributed by atoms with Crippen LogP contribution in [0.2, 0.25) is 0 Å². The van der Waals surface area contributed by atoms with Gasteiger partial charge in [0.2, 0.25) is 0 Å². The van der Waals surface area contributed by atoms with Gasteiger partial charge in [0.15, 0.2) is 0 Å². The number of hydrogen-bond acceptors (Lipinski definition) is 3. The van der Waals surface area contributed by atoms with E-state index < -0.39 is 11.5 Å². The Balaban J connectivity index is 1.75. The minimum Gasteiger partial charge on any atom is -0.480 e. The molecular weight excluding hydrogens is 252 g/mol. The molecule has 2 aliphatic carbocycles. The smallest absolute Gasteiger partial charge is 0.325 e. The zero-order valence-electron chi connectivity index (χ0n) is 12.6. The van der Waals surface area contributed by atoms with Gasteiger partial charge >= 0.3 is 5.97 Å². The highest BCUT2D eigenvalue weighted by Crippen LogP contribution is 2.42. The summed E-state index contributed by atoms with van der Waals surface area (Å²) in [4.78, 5) is 14.4. The van der Waals surface area contributed by atoms with Crippen molar-refractivity contribution in [1.29, 1.82) is 0 Å². The number of likely N-dealkylation sites (tertiary alicyclic amines) is 1. The topological polar surface area (TPSA) is 52.6 Å². The largest absolute Gasteiger partial charge is 0.480 e. The van der Waals surface area contributed by atoms with Crippen molar-refractivity contribution in [2.75, 3.05) is 20.1 Å². The Morgan fingerprint density at radius 2 is 1.90 bits per heavy atom. The SMILES string of the molecule is CNC(CN1CCC[C@H]2CCCC[C@H]21)(C(=O)O)C1CC1. The first-order valence-electron chi connectivity index (χ1n) is 8.34. The molecule has 0 spiro atoms. The van der Waals surface area contributed by atoms with Gasteiger partial charge in [-0.05, 0) is 64.0 Å². The van der Waals surface area contributed by atoms with Crippen LogP contribution in [0, 0.1) is 11.8 Å². The first kappa shape index (κ1) is 14.3. The Kier molecular flexibility index (Phi) is 4.04. The Labute approximate surface area is 121 Å². The third-order valence-corrected chi connectivity index (χ3v) is 5.91. The summed E-state index contributed by atoms with van der Waals surface area (Å²) in [5, 5.41) is 13.0. The zero-order valence-corrected chi connectivity index (χ0v) is 12.6. The first-order chi connectivity index (χ1) is 9.67. The lowest BCUT2D eigenvalue weighted by molar-refractivity contribution is -0.147. The fraction of sp³-hybridized carbons (Fsp3) is 0.938. The molecule has 4 heteroatoms. The molecule has 3 atom stereocenters. The molecule has 0 radical (unpaired) electrons. The molecule has 3 fully saturated rings. The monoisotopic (exact) mass is 280 g/mol. The van der Waals surface area contributed by atoms with Gasteiger partial charge in [0.1, 0.15) is 5.54 Å². The second kappa shape index (κ2) is 5.64. The van der Waals surface area contributed by atoms with Gasteiger partial charge in [0.25, 0.3) is 0 Å². The standard InChI is InChI=1S/C16H28N2O2/c1-17-16(15(19)20,13-8-9-13)11-18-10-4-6-12-5-2-3-7-14(12)18/h12-14,17H,2-11H2,1H3,(H,19,20)/t12-,14-,16?/m1/s1. The fourth-order valence-corrected chi connectivity index (χ4v) is 4.58. The number of fused-ring (bicyclic) bond motifs is 1. The molecule has 2 saturated carbocycles. The van der Waals surface area contributed by atoms with Crippen LogP contribution < -0.4 is 5.32 Å². The lowest BCUT2D eigenvalue weighted by Gasteiger charge is -2.47. The van der Waals surface area contributed by atoms with Gasteiger partial charge in [-0.3, -0.25) is 9.69 Å². The maximum atomic E-state index is 11.9. The van der Waals surface area contributed by atoms with Crippen LogP contribution >= 0.6 is 0 Å². The number of aliphatic carboxylic acids is 1. The van der Waals surface area contributed by atoms with Crippen LogP contribution in [0.3, 0.4) is 0 Å². The highest BCUT2D eigenvalue weighted by atomic mass is 16.4. The van der Waals surface area contributed by atoms with Gasteiger partial charge in [0.05, 0.1) is 0 Å². The van der Waals surface area contributed by atoms with Crippen LogP contribution in [0.4, 0.5) is 0 Å². The Bertz CT molecular complexity index is 367. The average Bonchev–Trinajstić information content (AvgIpc) is 3.29. The number of carbonyl (C=O) groups is 1. The normalized spacial score (nSPS) is 34.2. The molecule has 0 bridgehead atoms. The van der Waals surface area contributed by atoms with Crippen molar-refractivity contribution >= 4 is 5.97 Å². The Morgan fingerprint density at radius 3 is 2.55 bits per heavy atom. The quantitative estimate of drug-likeness (QED) is 0.810. The molecular formula is C16H28N2O2. The van der Waals surface area contributed by atoms with Crippen molar-refractivity contribution < 1.29 is 9.90 Å². The molecule has 0 amide bonds. The summed E-state index contributed by atoms with van der Waals surface area (Å²) in [5.41, 5.74) is -0.709. The van der Waals surface area contributed by atoms with E-state index in [0.29, 0.717) is 18.5 Å². The summed E-state index contributed by atoms with van der Waals surface area (Å²) in [7, 11) is 1.83. The summed E-state index contributed by atoms with van der Waals surface area (Å²) >= 11 is 0. The molecule has 1 heterocycles. The predicted molar refractivity (Wildman–Crippen MR) is 78.7 cm³/mol. The van der Waals surface area contributed by atoms with Gasteiger partial charge in [-0.1, -0.05) is 12.8 Å². The lowest BCUT2D eigenvalue weighted by atomic mass is 9.77. The minimum absolute atomic E-state index is 0.328. The maximum Gasteiger partial charge on any atom is 0.325 e. The van der Waals surface area contributed by atoms with E-state index in [1.54, 1.807) is 0 Å². The number of nitrogens with zero attached hydrogens (tertiary/aromatic N) is 1. The number of rotatable bonds is 5. The molecule has 3 rings (SSSR count). The number of likely N-dealkylation sites (N-methyl/N-ethyl adjacent to an activating group) is 1. The second-order valence-electron chi connectivity index (χ2n) is 7.03. The summed E-state index contributed by atoms with van der Waals surface area (Å²) in [6.45, 7) is 1.79. The minimum atomic E-state index is -0.709. The van der Waals surface area contributed by atoms with Gasteiger partial charge in [-0.15, -0.1) is 0 Å². The van der Waals surface area contributed by atoms with Gasteiger partial charge < -0.3 is 10.4 Å². The van der Waals surface area contributed by atoms with Gasteiger partial charge in [-0.2, -0.15) is 0 Å². The third-order valence-electron chi connectivity index (χ3n) is 5.91. The van der Waals surface area contributed by atoms with Crippen molar-refractivity contribution in [2.24, 2.45) is 11.8 Å². The van der Waals surface area contributed by atoms with E-state index in [2.05, 4.69) is 10.2 Å². The molecule has 0 aromatic carbocycles. The van der Waals surface area contributed by atoms with Crippen LogP contribution in [0.15, 0.2) is 0 Å². The fourth-order valence-electron chi connectivity index (χ4n) is 4.58. The molecule has 0 aromatic rings. The highest BCUT2D eigenvalue weighted by molar-refractivity contribution is 5.80. The van der Waals surface area contributed by atoms with E-state index in [9.17, 15) is 9.90 Å². The van der Waals surface area contributed by atoms with Gasteiger partial charge in [-0.25, -0.2) is 0 Å². The summed E-state index contributed by atoms with van der Waals surface area (Å²) in [5.74, 6) is 0.495. The number of nitrogens with one attached hydrogen (secondary N) is 1.